The minimum Gasteiger partial charge on any atom is -0.383 e. The van der Waals surface area contributed by atoms with Crippen molar-refractivity contribution in [1.82, 2.24) is 15.4 Å². The summed E-state index contributed by atoms with van der Waals surface area (Å²) in [6.07, 6.45) is 1.66. The molecule has 2 heterocycles. The van der Waals surface area contributed by atoms with Crippen molar-refractivity contribution in [3.63, 3.8) is 0 Å². The van der Waals surface area contributed by atoms with Gasteiger partial charge in [-0.15, -0.1) is 0 Å². The van der Waals surface area contributed by atoms with Crippen molar-refractivity contribution in [2.75, 3.05) is 5.73 Å². The predicted molar refractivity (Wildman–Crippen MR) is 71.5 cm³/mol. The van der Waals surface area contributed by atoms with Gasteiger partial charge < -0.3 is 5.73 Å². The van der Waals surface area contributed by atoms with E-state index >= 15 is 0 Å². The van der Waals surface area contributed by atoms with Crippen molar-refractivity contribution in [2.24, 2.45) is 5.84 Å². The third-order valence-corrected chi connectivity index (χ3v) is 2.79. The topological polar surface area (TPSA) is 89.8 Å². The van der Waals surface area contributed by atoms with Gasteiger partial charge in [0.2, 0.25) is 0 Å². The first-order chi connectivity index (χ1) is 8.61. The van der Waals surface area contributed by atoms with Crippen molar-refractivity contribution in [2.45, 2.75) is 19.9 Å². The fourth-order valence-corrected chi connectivity index (χ4v) is 2.07. The molecule has 1 unspecified atom stereocenters. The maximum absolute atomic E-state index is 5.89. The van der Waals surface area contributed by atoms with E-state index in [1.54, 1.807) is 6.20 Å². The second kappa shape index (κ2) is 5.12. The lowest BCUT2D eigenvalue weighted by molar-refractivity contribution is 0.634. The summed E-state index contributed by atoms with van der Waals surface area (Å²) in [6.45, 7) is 3.91. The fraction of sp³-hybridized carbons (Fsp3) is 0.231. The lowest BCUT2D eigenvalue weighted by Gasteiger charge is -2.18. The second-order valence-electron chi connectivity index (χ2n) is 4.26. The van der Waals surface area contributed by atoms with Gasteiger partial charge in [0, 0.05) is 23.1 Å². The molecule has 0 bridgehead atoms. The minimum atomic E-state index is -0.181. The molecule has 0 fully saturated rings. The third kappa shape index (κ3) is 2.47. The SMILES string of the molecule is Cc1cc(C(NN)c2cccnc2N)cc(C)n1. The highest BCUT2D eigenvalue weighted by Gasteiger charge is 2.16. The lowest BCUT2D eigenvalue weighted by Crippen LogP contribution is -2.29. The molecule has 2 aromatic rings. The van der Waals surface area contributed by atoms with Crippen molar-refractivity contribution < 1.29 is 0 Å². The third-order valence-electron chi connectivity index (χ3n) is 2.79. The van der Waals surface area contributed by atoms with Crippen LogP contribution in [0.5, 0.6) is 0 Å². The molecule has 0 aromatic carbocycles. The molecule has 18 heavy (non-hydrogen) atoms. The fourth-order valence-electron chi connectivity index (χ4n) is 2.07. The molecule has 5 heteroatoms. The number of nitrogen functional groups attached to an aromatic ring is 1. The summed E-state index contributed by atoms with van der Waals surface area (Å²) in [4.78, 5) is 8.44. The van der Waals surface area contributed by atoms with E-state index in [0.29, 0.717) is 5.82 Å². The largest absolute Gasteiger partial charge is 0.383 e. The Morgan fingerprint density at radius 2 is 1.89 bits per heavy atom. The summed E-state index contributed by atoms with van der Waals surface area (Å²) in [7, 11) is 0. The van der Waals surface area contributed by atoms with Gasteiger partial charge in [0.25, 0.3) is 0 Å². The Morgan fingerprint density at radius 1 is 1.22 bits per heavy atom. The quantitative estimate of drug-likeness (QED) is 0.557. The number of nitrogens with one attached hydrogen (secondary N) is 1. The monoisotopic (exact) mass is 243 g/mol. The molecular weight excluding hydrogens is 226 g/mol. The summed E-state index contributed by atoms with van der Waals surface area (Å²) < 4.78 is 0. The van der Waals surface area contributed by atoms with Crippen LogP contribution in [0.2, 0.25) is 0 Å². The highest BCUT2D eigenvalue weighted by atomic mass is 15.2. The summed E-state index contributed by atoms with van der Waals surface area (Å²) >= 11 is 0. The average molecular weight is 243 g/mol. The number of aromatic nitrogens is 2. The van der Waals surface area contributed by atoms with Gasteiger partial charge in [0.15, 0.2) is 0 Å². The van der Waals surface area contributed by atoms with E-state index in [-0.39, 0.29) is 6.04 Å². The van der Waals surface area contributed by atoms with Gasteiger partial charge in [-0.1, -0.05) is 6.07 Å². The number of aryl methyl sites for hydroxylation is 2. The molecule has 5 N–H and O–H groups in total. The van der Waals surface area contributed by atoms with Gasteiger partial charge in [0.1, 0.15) is 5.82 Å². The van der Waals surface area contributed by atoms with Gasteiger partial charge in [-0.2, -0.15) is 0 Å². The molecule has 0 aliphatic heterocycles. The second-order valence-corrected chi connectivity index (χ2v) is 4.26. The Bertz CT molecular complexity index is 533. The highest BCUT2D eigenvalue weighted by Crippen LogP contribution is 2.25. The predicted octanol–water partition coefficient (Wildman–Crippen LogP) is 1.23. The number of pyridine rings is 2. The Balaban J connectivity index is 2.48. The number of hydrazine groups is 1. The number of anilines is 1. The van der Waals surface area contributed by atoms with Crippen LogP contribution in [0.3, 0.4) is 0 Å². The van der Waals surface area contributed by atoms with Gasteiger partial charge in [-0.05, 0) is 37.6 Å². The van der Waals surface area contributed by atoms with Gasteiger partial charge >= 0.3 is 0 Å². The van der Waals surface area contributed by atoms with Crippen LogP contribution < -0.4 is 17.0 Å². The summed E-state index contributed by atoms with van der Waals surface area (Å²) in [5.74, 6) is 6.13. The van der Waals surface area contributed by atoms with E-state index in [1.807, 2.05) is 38.1 Å². The molecule has 1 atom stereocenters. The van der Waals surface area contributed by atoms with E-state index in [2.05, 4.69) is 15.4 Å². The first-order valence-corrected chi connectivity index (χ1v) is 5.73. The first-order valence-electron chi connectivity index (χ1n) is 5.73. The Morgan fingerprint density at radius 3 is 2.44 bits per heavy atom. The Labute approximate surface area is 106 Å². The molecule has 0 saturated carbocycles. The Kier molecular flexibility index (Phi) is 3.55. The summed E-state index contributed by atoms with van der Waals surface area (Å²) in [5.41, 5.74) is 12.5. The zero-order valence-electron chi connectivity index (χ0n) is 10.5. The smallest absolute Gasteiger partial charge is 0.128 e. The molecule has 2 rings (SSSR count). The lowest BCUT2D eigenvalue weighted by atomic mass is 9.99. The molecule has 0 aliphatic carbocycles. The Hall–Kier alpha value is -1.98. The van der Waals surface area contributed by atoms with Crippen LogP contribution in [0.1, 0.15) is 28.6 Å². The maximum Gasteiger partial charge on any atom is 0.128 e. The van der Waals surface area contributed by atoms with Crippen molar-refractivity contribution in [3.05, 3.63) is 53.0 Å². The molecule has 0 amide bonds. The molecule has 0 aliphatic rings. The van der Waals surface area contributed by atoms with Crippen LogP contribution in [-0.4, -0.2) is 9.97 Å². The van der Waals surface area contributed by atoms with Crippen LogP contribution in [0.4, 0.5) is 5.82 Å². The van der Waals surface area contributed by atoms with Crippen molar-refractivity contribution in [1.29, 1.82) is 0 Å². The normalized spacial score (nSPS) is 12.4. The van der Waals surface area contributed by atoms with Crippen LogP contribution in [-0.2, 0) is 0 Å². The van der Waals surface area contributed by atoms with E-state index in [0.717, 1.165) is 22.5 Å². The van der Waals surface area contributed by atoms with Gasteiger partial charge in [-0.3, -0.25) is 10.8 Å². The van der Waals surface area contributed by atoms with Crippen molar-refractivity contribution in [3.8, 4) is 0 Å². The van der Waals surface area contributed by atoms with E-state index < -0.39 is 0 Å². The van der Waals surface area contributed by atoms with Crippen molar-refractivity contribution >= 4 is 5.82 Å². The zero-order valence-corrected chi connectivity index (χ0v) is 10.5. The first kappa shape index (κ1) is 12.5. The number of nitrogens with zero attached hydrogens (tertiary/aromatic N) is 2. The molecule has 0 spiro atoms. The van der Waals surface area contributed by atoms with Crippen LogP contribution in [0.15, 0.2) is 30.5 Å². The minimum absolute atomic E-state index is 0.181. The number of nitrogens with two attached hydrogens (primary N) is 2. The maximum atomic E-state index is 5.89. The molecule has 94 valence electrons. The van der Waals surface area contributed by atoms with E-state index in [9.17, 15) is 0 Å². The highest BCUT2D eigenvalue weighted by molar-refractivity contribution is 5.45. The molecule has 5 nitrogen and oxygen atoms in total. The van der Waals surface area contributed by atoms with Crippen LogP contribution in [0, 0.1) is 13.8 Å². The summed E-state index contributed by atoms with van der Waals surface area (Å²) in [5, 5.41) is 0. The van der Waals surface area contributed by atoms with Gasteiger partial charge in [-0.25, -0.2) is 10.4 Å². The molecule has 0 saturated heterocycles. The standard InChI is InChI=1S/C13H17N5/c1-8-6-10(7-9(2)17-8)12(18-15)11-4-3-5-16-13(11)14/h3-7,12,18H,15H2,1-2H3,(H2,14,16). The zero-order chi connectivity index (χ0) is 13.1. The number of hydrogen-bond acceptors (Lipinski definition) is 5. The van der Waals surface area contributed by atoms with Gasteiger partial charge in [0.05, 0.1) is 6.04 Å². The molecular formula is C13H17N5. The van der Waals surface area contributed by atoms with E-state index in [1.165, 1.54) is 0 Å². The van der Waals surface area contributed by atoms with E-state index in [4.69, 9.17) is 11.6 Å². The average Bonchev–Trinajstić information content (AvgIpc) is 2.31. The number of hydrogen-bond donors (Lipinski definition) is 3. The van der Waals surface area contributed by atoms with Crippen LogP contribution in [0.25, 0.3) is 0 Å². The van der Waals surface area contributed by atoms with Crippen LogP contribution >= 0.6 is 0 Å². The summed E-state index contributed by atoms with van der Waals surface area (Å²) in [6, 6.07) is 7.56. The molecule has 0 radical (unpaired) electrons. The molecule has 2 aromatic heterocycles. The number of rotatable bonds is 3.